The fourth-order valence-electron chi connectivity index (χ4n) is 3.42. The highest BCUT2D eigenvalue weighted by Crippen LogP contribution is 2.31. The molecule has 34 heavy (non-hydrogen) atoms. The molecular formula is C31H27O2S+. The summed E-state index contributed by atoms with van der Waals surface area (Å²) in [5, 5.41) is 0. The van der Waals surface area contributed by atoms with E-state index in [1.165, 1.54) is 15.4 Å². The second-order valence-corrected chi connectivity index (χ2v) is 10.5. The monoisotopic (exact) mass is 463 g/mol. The van der Waals surface area contributed by atoms with E-state index in [1.54, 1.807) is 0 Å². The fraction of sp³-hybridized carbons (Fsp3) is 0.129. The predicted molar refractivity (Wildman–Crippen MR) is 139 cm³/mol. The van der Waals surface area contributed by atoms with E-state index in [-0.39, 0.29) is 16.9 Å². The Kier molecular flexibility index (Phi) is 7.21. The van der Waals surface area contributed by atoms with E-state index in [1.807, 2.05) is 81.4 Å². The molecule has 4 aromatic rings. The Balaban J connectivity index is 1.53. The van der Waals surface area contributed by atoms with Crippen molar-refractivity contribution in [1.82, 2.24) is 0 Å². The minimum atomic E-state index is -0.904. The minimum Gasteiger partial charge on any atom is -0.443 e. The third-order valence-electron chi connectivity index (χ3n) is 5.19. The van der Waals surface area contributed by atoms with E-state index in [2.05, 4.69) is 60.4 Å². The van der Waals surface area contributed by atoms with E-state index in [0.29, 0.717) is 5.56 Å². The van der Waals surface area contributed by atoms with Gasteiger partial charge in [0.15, 0.2) is 20.3 Å². The van der Waals surface area contributed by atoms with Crippen LogP contribution in [0.25, 0.3) is 0 Å². The maximum atomic E-state index is 12.8. The first kappa shape index (κ1) is 23.4. The average Bonchev–Trinajstić information content (AvgIpc) is 2.85. The van der Waals surface area contributed by atoms with Crippen LogP contribution in [0.3, 0.4) is 0 Å². The SMILES string of the molecule is Cc1ccc(C#CC(C)(C)OC(=O)c2ccc([S+](c3ccccc3)c3ccccc3)cc2)cc1. The molecule has 0 unspecified atom stereocenters. The summed E-state index contributed by atoms with van der Waals surface area (Å²) in [4.78, 5) is 16.5. The van der Waals surface area contributed by atoms with Gasteiger partial charge in [-0.25, -0.2) is 4.79 Å². The topological polar surface area (TPSA) is 26.3 Å². The molecule has 4 rings (SSSR count). The second kappa shape index (κ2) is 10.5. The van der Waals surface area contributed by atoms with E-state index >= 15 is 0 Å². The van der Waals surface area contributed by atoms with Gasteiger partial charge in [-0.05, 0) is 81.4 Å². The van der Waals surface area contributed by atoms with Crippen molar-refractivity contribution in [2.75, 3.05) is 0 Å². The van der Waals surface area contributed by atoms with Crippen LogP contribution in [0.2, 0.25) is 0 Å². The molecule has 0 atom stereocenters. The lowest BCUT2D eigenvalue weighted by Gasteiger charge is -2.19. The molecule has 2 nitrogen and oxygen atoms in total. The molecule has 0 saturated carbocycles. The molecule has 0 aliphatic carbocycles. The van der Waals surface area contributed by atoms with Crippen LogP contribution in [0, 0.1) is 18.8 Å². The predicted octanol–water partition coefficient (Wildman–Crippen LogP) is 7.08. The third-order valence-corrected chi connectivity index (χ3v) is 7.42. The van der Waals surface area contributed by atoms with Crippen LogP contribution in [-0.4, -0.2) is 11.6 Å². The Hall–Kier alpha value is -3.74. The standard InChI is InChI=1S/C31H27O2S/c1-24-14-16-25(17-15-24)22-23-31(2,3)33-30(32)26-18-20-29(21-19-26)34(27-10-6-4-7-11-27)28-12-8-5-9-13-28/h4-21H,1-3H3/q+1. The normalized spacial score (nSPS) is 10.9. The van der Waals surface area contributed by atoms with Crippen LogP contribution in [0.5, 0.6) is 0 Å². The van der Waals surface area contributed by atoms with Crippen LogP contribution in [-0.2, 0) is 15.6 Å². The van der Waals surface area contributed by atoms with Crippen molar-refractivity contribution in [3.63, 3.8) is 0 Å². The first-order chi connectivity index (χ1) is 16.4. The van der Waals surface area contributed by atoms with Gasteiger partial charge in [-0.1, -0.05) is 65.9 Å². The van der Waals surface area contributed by atoms with Crippen LogP contribution < -0.4 is 0 Å². The molecule has 0 bridgehead atoms. The molecule has 0 radical (unpaired) electrons. The molecule has 168 valence electrons. The zero-order valence-corrected chi connectivity index (χ0v) is 20.4. The molecular weight excluding hydrogens is 436 g/mol. The Morgan fingerprint density at radius 3 is 1.74 bits per heavy atom. The van der Waals surface area contributed by atoms with E-state index in [0.717, 1.165) is 10.5 Å². The average molecular weight is 464 g/mol. The molecule has 4 aromatic carbocycles. The first-order valence-corrected chi connectivity index (χ1v) is 12.4. The van der Waals surface area contributed by atoms with E-state index in [4.69, 9.17) is 4.74 Å². The number of benzene rings is 4. The third kappa shape index (κ3) is 5.98. The number of hydrogen-bond acceptors (Lipinski definition) is 2. The first-order valence-electron chi connectivity index (χ1n) is 11.2. The Bertz CT molecular complexity index is 1260. The van der Waals surface area contributed by atoms with Gasteiger partial charge in [-0.2, -0.15) is 0 Å². The summed E-state index contributed by atoms with van der Waals surface area (Å²) >= 11 is 0. The zero-order valence-electron chi connectivity index (χ0n) is 19.6. The molecule has 0 aliphatic rings. The number of carbonyl (C=O) groups excluding carboxylic acids is 1. The summed E-state index contributed by atoms with van der Waals surface area (Å²) in [7, 11) is -0.256. The highest BCUT2D eigenvalue weighted by atomic mass is 32.2. The lowest BCUT2D eigenvalue weighted by molar-refractivity contribution is 0.0204. The number of ether oxygens (including phenoxy) is 1. The highest BCUT2D eigenvalue weighted by Gasteiger charge is 2.29. The summed E-state index contributed by atoms with van der Waals surface area (Å²) < 4.78 is 5.73. The van der Waals surface area contributed by atoms with Crippen molar-refractivity contribution < 1.29 is 9.53 Å². The van der Waals surface area contributed by atoms with Crippen LogP contribution in [0.4, 0.5) is 0 Å². The van der Waals surface area contributed by atoms with Crippen LogP contribution in [0.15, 0.2) is 124 Å². The Morgan fingerprint density at radius 1 is 0.706 bits per heavy atom. The number of aryl methyl sites for hydroxylation is 1. The van der Waals surface area contributed by atoms with Gasteiger partial charge in [-0.15, -0.1) is 0 Å². The van der Waals surface area contributed by atoms with Crippen molar-refractivity contribution in [3.8, 4) is 11.8 Å². The molecule has 0 amide bonds. The summed E-state index contributed by atoms with van der Waals surface area (Å²) in [5.41, 5.74) is 1.69. The smallest absolute Gasteiger partial charge is 0.339 e. The molecule has 0 aliphatic heterocycles. The van der Waals surface area contributed by atoms with Gasteiger partial charge in [0.1, 0.15) is 0 Å². The summed E-state index contributed by atoms with van der Waals surface area (Å²) in [6.07, 6.45) is 0. The Labute approximate surface area is 205 Å². The maximum Gasteiger partial charge on any atom is 0.339 e. The number of rotatable bonds is 5. The van der Waals surface area contributed by atoms with Gasteiger partial charge in [-0.3, -0.25) is 0 Å². The molecule has 0 aromatic heterocycles. The van der Waals surface area contributed by atoms with E-state index < -0.39 is 5.60 Å². The van der Waals surface area contributed by atoms with Gasteiger partial charge in [0.25, 0.3) is 0 Å². The molecule has 0 spiro atoms. The van der Waals surface area contributed by atoms with Gasteiger partial charge < -0.3 is 4.74 Å². The van der Waals surface area contributed by atoms with Gasteiger partial charge in [0.05, 0.1) is 16.5 Å². The number of carbonyl (C=O) groups is 1. The lowest BCUT2D eigenvalue weighted by Crippen LogP contribution is -2.26. The van der Waals surface area contributed by atoms with Gasteiger partial charge in [0.2, 0.25) is 0 Å². The van der Waals surface area contributed by atoms with Gasteiger partial charge in [0, 0.05) is 5.56 Å². The van der Waals surface area contributed by atoms with Crippen LogP contribution in [0.1, 0.15) is 35.3 Å². The van der Waals surface area contributed by atoms with Gasteiger partial charge >= 0.3 is 5.97 Å². The van der Waals surface area contributed by atoms with Crippen molar-refractivity contribution in [2.24, 2.45) is 0 Å². The zero-order chi connectivity index (χ0) is 24.0. The lowest BCUT2D eigenvalue weighted by atomic mass is 10.1. The number of hydrogen-bond donors (Lipinski definition) is 0. The summed E-state index contributed by atoms with van der Waals surface area (Å²) in [5.74, 6) is 5.80. The van der Waals surface area contributed by atoms with Crippen LogP contribution >= 0.6 is 0 Å². The molecule has 0 N–H and O–H groups in total. The molecule has 0 fully saturated rings. The van der Waals surface area contributed by atoms with Crippen molar-refractivity contribution in [1.29, 1.82) is 0 Å². The molecule has 3 heteroatoms. The van der Waals surface area contributed by atoms with E-state index in [9.17, 15) is 4.79 Å². The maximum absolute atomic E-state index is 12.8. The molecule has 0 saturated heterocycles. The second-order valence-electron chi connectivity index (χ2n) is 8.47. The quantitative estimate of drug-likeness (QED) is 0.180. The highest BCUT2D eigenvalue weighted by molar-refractivity contribution is 7.97. The van der Waals surface area contributed by atoms with Crippen molar-refractivity contribution >= 4 is 16.9 Å². The van der Waals surface area contributed by atoms with Crippen molar-refractivity contribution in [3.05, 3.63) is 126 Å². The number of esters is 1. The molecule has 0 heterocycles. The Morgan fingerprint density at radius 2 is 1.21 bits per heavy atom. The fourth-order valence-corrected chi connectivity index (χ4v) is 5.51. The largest absolute Gasteiger partial charge is 0.443 e. The summed E-state index contributed by atoms with van der Waals surface area (Å²) in [6.45, 7) is 5.65. The van der Waals surface area contributed by atoms with Crippen molar-refractivity contribution in [2.45, 2.75) is 41.1 Å². The minimum absolute atomic E-state index is 0.256. The summed E-state index contributed by atoms with van der Waals surface area (Å²) in [6, 6.07) is 36.6.